The molecule has 156 valence electrons. The summed E-state index contributed by atoms with van der Waals surface area (Å²) in [6.45, 7) is 5.77. The van der Waals surface area contributed by atoms with E-state index in [9.17, 15) is 5.11 Å². The molecule has 1 saturated carbocycles. The lowest BCUT2D eigenvalue weighted by atomic mass is 9.84. The summed E-state index contributed by atoms with van der Waals surface area (Å²) in [7, 11) is 0. The summed E-state index contributed by atoms with van der Waals surface area (Å²) in [4.78, 5) is 9.06. The first-order chi connectivity index (χ1) is 13.7. The van der Waals surface area contributed by atoms with Crippen molar-refractivity contribution in [1.82, 2.24) is 15.6 Å². The largest absolute Gasteiger partial charge is 0.474 e. The first-order valence-electron chi connectivity index (χ1n) is 10.6. The molecule has 0 spiro atoms. The summed E-state index contributed by atoms with van der Waals surface area (Å²) in [5.74, 6) is 1.48. The monoisotopic (exact) mass is 390 g/mol. The maximum absolute atomic E-state index is 9.39. The second kappa shape index (κ2) is 10.6. The number of guanidine groups is 1. The van der Waals surface area contributed by atoms with Crippen molar-refractivity contribution in [3.63, 3.8) is 0 Å². The maximum Gasteiger partial charge on any atom is 0.213 e. The van der Waals surface area contributed by atoms with E-state index in [1.54, 1.807) is 6.20 Å². The molecule has 1 aromatic rings. The molecule has 0 amide bonds. The minimum absolute atomic E-state index is 0.0100. The zero-order chi connectivity index (χ0) is 19.7. The molecule has 0 radical (unpaired) electrons. The number of pyridine rings is 1. The van der Waals surface area contributed by atoms with Crippen molar-refractivity contribution in [2.75, 3.05) is 32.9 Å². The van der Waals surface area contributed by atoms with Crippen LogP contribution in [0.1, 0.15) is 51.0 Å². The zero-order valence-electron chi connectivity index (χ0n) is 17.0. The van der Waals surface area contributed by atoms with E-state index >= 15 is 0 Å². The van der Waals surface area contributed by atoms with Gasteiger partial charge in [0, 0.05) is 44.0 Å². The highest BCUT2D eigenvalue weighted by atomic mass is 16.5. The fraction of sp³-hybridized carbons (Fsp3) is 0.714. The average Bonchev–Trinajstić information content (AvgIpc) is 3.37. The molecule has 7 heteroatoms. The molecule has 1 aliphatic heterocycles. The first kappa shape index (κ1) is 20.9. The second-order valence-corrected chi connectivity index (χ2v) is 7.85. The van der Waals surface area contributed by atoms with Crippen LogP contribution in [-0.4, -0.2) is 55.1 Å². The SMILES string of the molecule is CCNC(=NCc1ccnc(OC2CCCC2)c1)NCC1(CCO)CCOC1. The van der Waals surface area contributed by atoms with Gasteiger partial charge in [0.1, 0.15) is 6.10 Å². The molecule has 1 aromatic heterocycles. The summed E-state index contributed by atoms with van der Waals surface area (Å²) in [5, 5.41) is 16.1. The van der Waals surface area contributed by atoms with Gasteiger partial charge >= 0.3 is 0 Å². The maximum atomic E-state index is 9.39. The van der Waals surface area contributed by atoms with Gasteiger partial charge in [-0.15, -0.1) is 0 Å². The molecular formula is C21H34N4O3. The number of aromatic nitrogens is 1. The van der Waals surface area contributed by atoms with Crippen LogP contribution < -0.4 is 15.4 Å². The zero-order valence-corrected chi connectivity index (χ0v) is 17.0. The molecule has 1 aliphatic carbocycles. The number of ether oxygens (including phenoxy) is 2. The predicted molar refractivity (Wildman–Crippen MR) is 110 cm³/mol. The molecule has 3 rings (SSSR count). The molecule has 1 unspecified atom stereocenters. The molecule has 0 bridgehead atoms. The summed E-state index contributed by atoms with van der Waals surface area (Å²) in [5.41, 5.74) is 1.07. The standard InChI is InChI=1S/C21H34N4O3/c1-2-22-20(25-15-21(8-11-26)9-12-27-16-21)24-14-17-7-10-23-19(13-17)28-18-5-3-4-6-18/h7,10,13,18,26H,2-6,8-9,11-12,14-16H2,1H3,(H2,22,24,25). The van der Waals surface area contributed by atoms with Crippen LogP contribution in [0.4, 0.5) is 0 Å². The Morgan fingerprint density at radius 2 is 2.25 bits per heavy atom. The van der Waals surface area contributed by atoms with Crippen molar-refractivity contribution in [3.8, 4) is 5.88 Å². The third-order valence-corrected chi connectivity index (χ3v) is 5.61. The summed E-state index contributed by atoms with van der Waals surface area (Å²) < 4.78 is 11.6. The highest BCUT2D eigenvalue weighted by molar-refractivity contribution is 5.79. The van der Waals surface area contributed by atoms with E-state index in [0.29, 0.717) is 25.1 Å². The van der Waals surface area contributed by atoms with Gasteiger partial charge < -0.3 is 25.2 Å². The van der Waals surface area contributed by atoms with Gasteiger partial charge in [0.25, 0.3) is 0 Å². The average molecular weight is 391 g/mol. The smallest absolute Gasteiger partial charge is 0.213 e. The second-order valence-electron chi connectivity index (χ2n) is 7.85. The third-order valence-electron chi connectivity index (χ3n) is 5.61. The predicted octanol–water partition coefficient (Wildman–Crippen LogP) is 2.25. The molecule has 1 atom stereocenters. The molecule has 3 N–H and O–H groups in total. The Balaban J connectivity index is 1.57. The van der Waals surface area contributed by atoms with Gasteiger partial charge in [-0.1, -0.05) is 0 Å². The lowest BCUT2D eigenvalue weighted by molar-refractivity contribution is 0.127. The fourth-order valence-electron chi connectivity index (χ4n) is 3.89. The summed E-state index contributed by atoms with van der Waals surface area (Å²) in [6.07, 6.45) is 8.54. The summed E-state index contributed by atoms with van der Waals surface area (Å²) in [6, 6.07) is 3.97. The van der Waals surface area contributed by atoms with Crippen LogP contribution in [0.2, 0.25) is 0 Å². The molecule has 7 nitrogen and oxygen atoms in total. The van der Waals surface area contributed by atoms with Crippen molar-refractivity contribution >= 4 is 5.96 Å². The van der Waals surface area contributed by atoms with Crippen molar-refractivity contribution < 1.29 is 14.6 Å². The van der Waals surface area contributed by atoms with E-state index < -0.39 is 0 Å². The van der Waals surface area contributed by atoms with Gasteiger partial charge in [0.15, 0.2) is 5.96 Å². The lowest BCUT2D eigenvalue weighted by Crippen LogP contribution is -2.44. The van der Waals surface area contributed by atoms with E-state index in [-0.39, 0.29) is 12.0 Å². The van der Waals surface area contributed by atoms with Crippen molar-refractivity contribution in [1.29, 1.82) is 0 Å². The number of nitrogens with one attached hydrogen (secondary N) is 2. The van der Waals surface area contributed by atoms with E-state index in [4.69, 9.17) is 14.5 Å². The van der Waals surface area contributed by atoms with Gasteiger partial charge in [0.05, 0.1) is 13.2 Å². The Bertz CT molecular complexity index is 626. The number of nitrogens with zero attached hydrogens (tertiary/aromatic N) is 2. The van der Waals surface area contributed by atoms with Crippen LogP contribution in [0.25, 0.3) is 0 Å². The van der Waals surface area contributed by atoms with E-state index in [0.717, 1.165) is 56.9 Å². The van der Waals surface area contributed by atoms with Crippen molar-refractivity contribution in [3.05, 3.63) is 23.9 Å². The quantitative estimate of drug-likeness (QED) is 0.443. The van der Waals surface area contributed by atoms with Crippen molar-refractivity contribution in [2.24, 2.45) is 10.4 Å². The molecule has 2 fully saturated rings. The number of aliphatic imine (C=N–C) groups is 1. The molecule has 2 heterocycles. The normalized spacial score (nSPS) is 23.1. The molecule has 2 aliphatic rings. The topological polar surface area (TPSA) is 88.0 Å². The molecule has 0 aromatic carbocycles. The minimum Gasteiger partial charge on any atom is -0.474 e. The van der Waals surface area contributed by atoms with Crippen LogP contribution in [0.5, 0.6) is 5.88 Å². The van der Waals surface area contributed by atoms with Crippen LogP contribution in [-0.2, 0) is 11.3 Å². The number of aliphatic hydroxyl groups is 1. The minimum atomic E-state index is -0.0100. The van der Waals surface area contributed by atoms with Crippen LogP contribution >= 0.6 is 0 Å². The number of aliphatic hydroxyl groups excluding tert-OH is 1. The Morgan fingerprint density at radius 3 is 2.96 bits per heavy atom. The van der Waals surface area contributed by atoms with Crippen LogP contribution in [0, 0.1) is 5.41 Å². The van der Waals surface area contributed by atoms with Gasteiger partial charge in [-0.05, 0) is 57.1 Å². The lowest BCUT2D eigenvalue weighted by Gasteiger charge is -2.27. The highest BCUT2D eigenvalue weighted by Gasteiger charge is 2.34. The number of rotatable bonds is 9. The molecule has 1 saturated heterocycles. The van der Waals surface area contributed by atoms with E-state index in [2.05, 4.69) is 22.5 Å². The summed E-state index contributed by atoms with van der Waals surface area (Å²) >= 11 is 0. The van der Waals surface area contributed by atoms with Crippen molar-refractivity contribution in [2.45, 2.75) is 58.1 Å². The Kier molecular flexibility index (Phi) is 7.91. The van der Waals surface area contributed by atoms with Gasteiger partial charge in [-0.3, -0.25) is 0 Å². The third kappa shape index (κ3) is 6.07. The van der Waals surface area contributed by atoms with Gasteiger partial charge in [-0.2, -0.15) is 0 Å². The first-order valence-corrected chi connectivity index (χ1v) is 10.6. The Morgan fingerprint density at radius 1 is 1.39 bits per heavy atom. The molecular weight excluding hydrogens is 356 g/mol. The van der Waals surface area contributed by atoms with Crippen LogP contribution in [0.3, 0.4) is 0 Å². The van der Waals surface area contributed by atoms with Gasteiger partial charge in [-0.25, -0.2) is 9.98 Å². The fourth-order valence-corrected chi connectivity index (χ4v) is 3.89. The van der Waals surface area contributed by atoms with E-state index in [1.807, 2.05) is 12.1 Å². The molecule has 28 heavy (non-hydrogen) atoms. The highest BCUT2D eigenvalue weighted by Crippen LogP contribution is 2.31. The van der Waals surface area contributed by atoms with Gasteiger partial charge in [0.2, 0.25) is 5.88 Å². The number of hydrogen-bond donors (Lipinski definition) is 3. The van der Waals surface area contributed by atoms with Crippen LogP contribution in [0.15, 0.2) is 23.3 Å². The Labute approximate surface area is 167 Å². The Hall–Kier alpha value is -1.86. The van der Waals surface area contributed by atoms with E-state index in [1.165, 1.54) is 12.8 Å². The number of hydrogen-bond acceptors (Lipinski definition) is 5.